The second-order valence-electron chi connectivity index (χ2n) is 11.9. The van der Waals surface area contributed by atoms with Gasteiger partial charge in [-0.2, -0.15) is 0 Å². The van der Waals surface area contributed by atoms with E-state index in [1.807, 2.05) is 6.55 Å². The third kappa shape index (κ3) is 9.83. The van der Waals surface area contributed by atoms with Crippen LogP contribution in [0.25, 0.3) is 0 Å². The van der Waals surface area contributed by atoms with Gasteiger partial charge in [0.15, 0.2) is 8.32 Å². The highest BCUT2D eigenvalue weighted by molar-refractivity contribution is 7.44. The van der Waals surface area contributed by atoms with Crippen molar-refractivity contribution in [2.45, 2.75) is 141 Å². The molecule has 200 valence electrons. The molecule has 1 unspecified atom stereocenters. The van der Waals surface area contributed by atoms with Crippen LogP contribution in [0.2, 0.25) is 45.8 Å². The Labute approximate surface area is 219 Å². The molecule has 0 radical (unpaired) electrons. The molecule has 1 atom stereocenters. The average Bonchev–Trinajstić information content (AvgIpc) is 2.62. The van der Waals surface area contributed by atoms with Crippen molar-refractivity contribution >= 4 is 45.5 Å². The molecule has 0 N–H and O–H groups in total. The Bertz CT molecular complexity index is 492. The fourth-order valence-electron chi connectivity index (χ4n) is 6.25. The van der Waals surface area contributed by atoms with Crippen molar-refractivity contribution in [2.24, 2.45) is 0 Å². The molecule has 0 aliphatic rings. The highest BCUT2D eigenvalue weighted by Gasteiger charge is 2.48. The van der Waals surface area contributed by atoms with Crippen LogP contribution in [-0.2, 0) is 13.6 Å². The van der Waals surface area contributed by atoms with Gasteiger partial charge in [-0.15, -0.1) is 22.2 Å². The van der Waals surface area contributed by atoms with Crippen molar-refractivity contribution in [1.29, 1.82) is 0 Å². The molecule has 0 amide bonds. The quantitative estimate of drug-likeness (QED) is 0.101. The van der Waals surface area contributed by atoms with Gasteiger partial charge in [0.25, 0.3) is 0 Å². The Morgan fingerprint density at radius 1 is 0.606 bits per heavy atom. The van der Waals surface area contributed by atoms with Gasteiger partial charge in [0.05, 0.1) is 19.3 Å². The van der Waals surface area contributed by atoms with Gasteiger partial charge in [0, 0.05) is 6.61 Å². The number of hydrogen-bond acceptors (Lipinski definition) is 3. The van der Waals surface area contributed by atoms with Gasteiger partial charge in [-0.3, -0.25) is 0 Å². The molecule has 0 aromatic carbocycles. The van der Waals surface area contributed by atoms with Crippen molar-refractivity contribution in [3.8, 4) is 0 Å². The zero-order valence-corrected chi connectivity index (χ0v) is 28.6. The van der Waals surface area contributed by atoms with Gasteiger partial charge in [0.2, 0.25) is 15.0 Å². The first-order chi connectivity index (χ1) is 14.9. The second-order valence-corrected chi connectivity index (χ2v) is 31.0. The minimum absolute atomic E-state index is 0.0392. The standard InChI is InChI=1S/C25H56Cl2O3Si3/c1-19(2)32(20(3)4,21(5)6)29-18-25(17-28-15-14-16-31(13,26)27)30-33(22(7)8,23(9)10)24(11)12/h19-25H,14-18H2,1-13H3. The molecular weight excluding hydrogens is 503 g/mol. The summed E-state index contributed by atoms with van der Waals surface area (Å²) in [7, 11) is -4.02. The van der Waals surface area contributed by atoms with E-state index in [9.17, 15) is 0 Å². The zero-order chi connectivity index (χ0) is 26.2. The molecule has 8 heteroatoms. The molecular formula is C25H56Cl2O3Si3. The van der Waals surface area contributed by atoms with Crippen LogP contribution in [0.1, 0.15) is 89.5 Å². The lowest BCUT2D eigenvalue weighted by Crippen LogP contribution is -2.54. The highest BCUT2D eigenvalue weighted by Crippen LogP contribution is 2.45. The van der Waals surface area contributed by atoms with Crippen LogP contribution in [0.15, 0.2) is 0 Å². The third-order valence-electron chi connectivity index (χ3n) is 7.51. The normalized spacial score (nSPS) is 15.2. The summed E-state index contributed by atoms with van der Waals surface area (Å²) in [6.45, 7) is 29.8. The van der Waals surface area contributed by atoms with Crippen LogP contribution in [0.5, 0.6) is 0 Å². The predicted octanol–water partition coefficient (Wildman–Crippen LogP) is 9.70. The maximum atomic E-state index is 7.17. The Balaban J connectivity index is 5.73. The first-order valence-electron chi connectivity index (χ1n) is 13.2. The molecule has 0 aromatic heterocycles. The van der Waals surface area contributed by atoms with Crippen molar-refractivity contribution in [3.63, 3.8) is 0 Å². The molecule has 33 heavy (non-hydrogen) atoms. The predicted molar refractivity (Wildman–Crippen MR) is 156 cm³/mol. The lowest BCUT2D eigenvalue weighted by molar-refractivity contribution is 0.0131. The third-order valence-corrected chi connectivity index (χ3v) is 22.1. The number of hydrogen-bond donors (Lipinski definition) is 0. The van der Waals surface area contributed by atoms with E-state index in [2.05, 4.69) is 83.1 Å². The maximum Gasteiger partial charge on any atom is 0.248 e. The topological polar surface area (TPSA) is 27.7 Å². The maximum absolute atomic E-state index is 7.17. The molecule has 0 aliphatic heterocycles. The van der Waals surface area contributed by atoms with E-state index in [0.29, 0.717) is 53.1 Å². The highest BCUT2D eigenvalue weighted by atomic mass is 35.7. The van der Waals surface area contributed by atoms with Gasteiger partial charge in [0.1, 0.15) is 0 Å². The van der Waals surface area contributed by atoms with Crippen molar-refractivity contribution in [3.05, 3.63) is 0 Å². The molecule has 0 bridgehead atoms. The summed E-state index contributed by atoms with van der Waals surface area (Å²) in [6.07, 6.45) is 0.857. The first-order valence-corrected chi connectivity index (χ1v) is 22.2. The van der Waals surface area contributed by atoms with Crippen LogP contribution >= 0.6 is 22.2 Å². The summed E-state index contributed by atoms with van der Waals surface area (Å²) in [4.78, 5) is 0. The Hall–Kier alpha value is 1.11. The summed E-state index contributed by atoms with van der Waals surface area (Å²) in [5.74, 6) is 0. The summed E-state index contributed by atoms with van der Waals surface area (Å²) in [6, 6.07) is 0.852. The zero-order valence-electron chi connectivity index (χ0n) is 24.1. The molecule has 3 nitrogen and oxygen atoms in total. The molecule has 0 aliphatic carbocycles. The fourth-order valence-corrected chi connectivity index (χ4v) is 18.8. The van der Waals surface area contributed by atoms with Gasteiger partial charge < -0.3 is 13.6 Å². The van der Waals surface area contributed by atoms with E-state index in [1.54, 1.807) is 0 Å². The monoisotopic (exact) mass is 558 g/mol. The van der Waals surface area contributed by atoms with E-state index >= 15 is 0 Å². The number of ether oxygens (including phenoxy) is 1. The molecule has 0 saturated carbocycles. The largest absolute Gasteiger partial charge is 0.413 e. The number of rotatable bonds is 17. The summed E-state index contributed by atoms with van der Waals surface area (Å²) < 4.78 is 20.3. The summed E-state index contributed by atoms with van der Waals surface area (Å²) >= 11 is 12.5. The van der Waals surface area contributed by atoms with Crippen molar-refractivity contribution in [2.75, 3.05) is 19.8 Å². The van der Waals surface area contributed by atoms with E-state index in [4.69, 9.17) is 35.7 Å². The van der Waals surface area contributed by atoms with Gasteiger partial charge in [-0.1, -0.05) is 83.1 Å². The molecule has 0 aromatic rings. The van der Waals surface area contributed by atoms with Crippen LogP contribution < -0.4 is 0 Å². The first kappa shape index (κ1) is 34.1. The Kier molecular flexibility index (Phi) is 15.2. The Morgan fingerprint density at radius 3 is 1.33 bits per heavy atom. The summed E-state index contributed by atoms with van der Waals surface area (Å²) in [5.41, 5.74) is 3.24. The minimum atomic E-state index is -2.07. The SMILES string of the molecule is CC(C)[Si](OCC(COCCC[Si](C)(Cl)Cl)O[Si](C(C)C)(C(C)C)C(C)C)(C(C)C)C(C)C. The minimum Gasteiger partial charge on any atom is -0.413 e. The van der Waals surface area contributed by atoms with E-state index < -0.39 is 23.3 Å². The Morgan fingerprint density at radius 2 is 1.00 bits per heavy atom. The molecule has 0 heterocycles. The van der Waals surface area contributed by atoms with Crippen LogP contribution in [0, 0.1) is 0 Å². The average molecular weight is 560 g/mol. The molecule has 0 spiro atoms. The molecule has 0 saturated heterocycles. The van der Waals surface area contributed by atoms with Gasteiger partial charge in [-0.05, 0) is 52.3 Å². The van der Waals surface area contributed by atoms with Crippen LogP contribution in [0.4, 0.5) is 0 Å². The van der Waals surface area contributed by atoms with E-state index in [0.717, 1.165) is 12.5 Å². The van der Waals surface area contributed by atoms with Crippen molar-refractivity contribution in [1.82, 2.24) is 0 Å². The lowest BCUT2D eigenvalue weighted by atomic mass is 10.4. The lowest BCUT2D eigenvalue weighted by Gasteiger charge is -2.46. The second kappa shape index (κ2) is 14.7. The van der Waals surface area contributed by atoms with Crippen LogP contribution in [-0.4, -0.2) is 49.3 Å². The van der Waals surface area contributed by atoms with Gasteiger partial charge >= 0.3 is 0 Å². The van der Waals surface area contributed by atoms with Crippen LogP contribution in [0.3, 0.4) is 0 Å². The number of halogens is 2. The fraction of sp³-hybridized carbons (Fsp3) is 1.00. The van der Waals surface area contributed by atoms with Crippen molar-refractivity contribution < 1.29 is 13.6 Å². The smallest absolute Gasteiger partial charge is 0.248 e. The van der Waals surface area contributed by atoms with E-state index in [-0.39, 0.29) is 6.10 Å². The van der Waals surface area contributed by atoms with E-state index in [1.165, 1.54) is 0 Å². The van der Waals surface area contributed by atoms with Gasteiger partial charge in [-0.25, -0.2) is 0 Å². The molecule has 0 rings (SSSR count). The summed E-state index contributed by atoms with van der Waals surface area (Å²) in [5, 5.41) is 0. The molecule has 0 fully saturated rings.